The van der Waals surface area contributed by atoms with Gasteiger partial charge in [0.25, 0.3) is 0 Å². The van der Waals surface area contributed by atoms with Crippen LogP contribution >= 0.6 is 0 Å². The molecule has 0 amide bonds. The molecule has 0 radical (unpaired) electrons. The summed E-state index contributed by atoms with van der Waals surface area (Å²) in [4.78, 5) is 0. The molecule has 0 saturated carbocycles. The molecule has 60 heavy (non-hydrogen) atoms. The zero-order valence-corrected chi connectivity index (χ0v) is 32.7. The van der Waals surface area contributed by atoms with Crippen LogP contribution in [-0.2, 0) is 0 Å². The molecular weight excluding hydrogens is 725 g/mol. The molecule has 13 rings (SSSR count). The molecule has 2 heteroatoms. The minimum atomic E-state index is 1.17. The van der Waals surface area contributed by atoms with Gasteiger partial charge < -0.3 is 9.13 Å². The fraction of sp³-hybridized carbons (Fsp3) is 0. The van der Waals surface area contributed by atoms with E-state index in [2.05, 4.69) is 228 Å². The van der Waals surface area contributed by atoms with Crippen molar-refractivity contribution in [2.75, 3.05) is 0 Å². The predicted octanol–water partition coefficient (Wildman–Crippen LogP) is 15.8. The van der Waals surface area contributed by atoms with Gasteiger partial charge in [-0.15, -0.1) is 0 Å². The number of nitrogens with zero attached hydrogens (tertiary/aromatic N) is 2. The minimum absolute atomic E-state index is 1.17. The molecule has 0 bridgehead atoms. The maximum absolute atomic E-state index is 2.41. The zero-order valence-electron chi connectivity index (χ0n) is 32.7. The molecule has 0 spiro atoms. The van der Waals surface area contributed by atoms with Crippen LogP contribution in [0.3, 0.4) is 0 Å². The fourth-order valence-electron chi connectivity index (χ4n) is 10.2. The van der Waals surface area contributed by atoms with Gasteiger partial charge in [-0.2, -0.15) is 0 Å². The summed E-state index contributed by atoms with van der Waals surface area (Å²) in [5.41, 5.74) is 14.6. The molecule has 0 aliphatic rings. The SMILES string of the molecule is c1ccc(-n2c3ccccc3c3cc(-c4cccc(-c5ccc6ccc7c(-c8cccc(-n9c%10ccccc%10c%10ccccc%109)c8)ccc8ccc5c6c87)c4)ccc32)cc1. The first-order valence-electron chi connectivity index (χ1n) is 20.8. The first-order valence-corrected chi connectivity index (χ1v) is 20.8. The maximum atomic E-state index is 2.41. The molecule has 0 atom stereocenters. The van der Waals surface area contributed by atoms with Gasteiger partial charge >= 0.3 is 0 Å². The number of fused-ring (bicyclic) bond motifs is 6. The second-order valence-corrected chi connectivity index (χ2v) is 16.1. The summed E-state index contributed by atoms with van der Waals surface area (Å²) in [6.45, 7) is 0. The largest absolute Gasteiger partial charge is 0.309 e. The van der Waals surface area contributed by atoms with Crippen LogP contribution in [0.5, 0.6) is 0 Å². The summed E-state index contributed by atoms with van der Waals surface area (Å²) >= 11 is 0. The zero-order chi connectivity index (χ0) is 39.3. The summed E-state index contributed by atoms with van der Waals surface area (Å²) in [5.74, 6) is 0. The Kier molecular flexibility index (Phi) is 7.05. The molecule has 13 aromatic rings. The van der Waals surface area contributed by atoms with E-state index in [1.165, 1.54) is 121 Å². The van der Waals surface area contributed by atoms with Crippen molar-refractivity contribution in [2.24, 2.45) is 0 Å². The molecule has 278 valence electrons. The summed E-state index contributed by atoms with van der Waals surface area (Å²) in [6, 6.07) is 80.5. The van der Waals surface area contributed by atoms with E-state index in [1.54, 1.807) is 0 Å². The van der Waals surface area contributed by atoms with Crippen molar-refractivity contribution < 1.29 is 0 Å². The second-order valence-electron chi connectivity index (χ2n) is 16.1. The maximum Gasteiger partial charge on any atom is 0.0541 e. The first-order chi connectivity index (χ1) is 29.8. The molecule has 2 aromatic heterocycles. The molecule has 0 unspecified atom stereocenters. The Morgan fingerprint density at radius 2 is 0.683 bits per heavy atom. The number of aromatic nitrogens is 2. The average Bonchev–Trinajstić information content (AvgIpc) is 3.84. The minimum Gasteiger partial charge on any atom is -0.309 e. The van der Waals surface area contributed by atoms with Crippen LogP contribution in [0.25, 0.3) is 121 Å². The van der Waals surface area contributed by atoms with Crippen molar-refractivity contribution >= 4 is 75.9 Å². The standard InChI is InChI=1S/C58H36N2/c1-2-15-43(16-3-1)59-55-23-9-6-20-49(55)52-36-40(28-33-56(52)59)39-12-10-13-41(34-39)45-29-24-37-27-32-51-46(30-25-38-26-31-50(45)57(37)58(38)51)42-14-11-17-44(35-42)60-53-21-7-4-18-47(53)48-19-5-8-22-54(48)60/h1-36H. The predicted molar refractivity (Wildman–Crippen MR) is 255 cm³/mol. The van der Waals surface area contributed by atoms with Crippen molar-refractivity contribution in [3.63, 3.8) is 0 Å². The summed E-state index contributed by atoms with van der Waals surface area (Å²) in [5, 5.41) is 12.8. The van der Waals surface area contributed by atoms with Gasteiger partial charge in [-0.1, -0.05) is 158 Å². The molecular formula is C58H36N2. The molecule has 2 nitrogen and oxygen atoms in total. The lowest BCUT2D eigenvalue weighted by atomic mass is 9.87. The Hall–Kier alpha value is -7.94. The van der Waals surface area contributed by atoms with Gasteiger partial charge in [0.1, 0.15) is 0 Å². The topological polar surface area (TPSA) is 9.86 Å². The highest BCUT2D eigenvalue weighted by Gasteiger charge is 2.18. The smallest absolute Gasteiger partial charge is 0.0541 e. The Morgan fingerprint density at radius 3 is 1.32 bits per heavy atom. The van der Waals surface area contributed by atoms with Gasteiger partial charge in [-0.05, 0) is 126 Å². The van der Waals surface area contributed by atoms with Gasteiger partial charge in [0.05, 0.1) is 22.1 Å². The number of hydrogen-bond acceptors (Lipinski definition) is 0. The van der Waals surface area contributed by atoms with Crippen LogP contribution in [0.1, 0.15) is 0 Å². The fourth-order valence-corrected chi connectivity index (χ4v) is 10.2. The Bertz CT molecular complexity index is 3770. The van der Waals surface area contributed by atoms with Crippen molar-refractivity contribution in [3.05, 3.63) is 218 Å². The van der Waals surface area contributed by atoms with Gasteiger partial charge in [0, 0.05) is 32.9 Å². The van der Waals surface area contributed by atoms with Crippen LogP contribution in [-0.4, -0.2) is 9.13 Å². The highest BCUT2D eigenvalue weighted by molar-refractivity contribution is 6.27. The van der Waals surface area contributed by atoms with Crippen LogP contribution in [0.2, 0.25) is 0 Å². The van der Waals surface area contributed by atoms with Crippen LogP contribution in [0.15, 0.2) is 218 Å². The monoisotopic (exact) mass is 760 g/mol. The lowest BCUT2D eigenvalue weighted by Gasteiger charge is -2.17. The highest BCUT2D eigenvalue weighted by atomic mass is 15.0. The number of benzene rings is 11. The van der Waals surface area contributed by atoms with E-state index in [4.69, 9.17) is 0 Å². The second kappa shape index (κ2) is 12.8. The third-order valence-corrected chi connectivity index (χ3v) is 12.9. The normalized spacial score (nSPS) is 12.0. The summed E-state index contributed by atoms with van der Waals surface area (Å²) in [6.07, 6.45) is 0. The number of rotatable bonds is 5. The lowest BCUT2D eigenvalue weighted by molar-refractivity contribution is 1.18. The van der Waals surface area contributed by atoms with Crippen molar-refractivity contribution in [3.8, 4) is 44.8 Å². The van der Waals surface area contributed by atoms with Crippen LogP contribution < -0.4 is 0 Å². The Labute approximate surface area is 346 Å². The molecule has 0 N–H and O–H groups in total. The van der Waals surface area contributed by atoms with E-state index in [9.17, 15) is 0 Å². The number of para-hydroxylation sites is 4. The third-order valence-electron chi connectivity index (χ3n) is 12.9. The molecule has 0 aliphatic carbocycles. The van der Waals surface area contributed by atoms with Crippen LogP contribution in [0, 0.1) is 0 Å². The van der Waals surface area contributed by atoms with E-state index >= 15 is 0 Å². The van der Waals surface area contributed by atoms with Crippen molar-refractivity contribution in [2.45, 2.75) is 0 Å². The number of hydrogen-bond donors (Lipinski definition) is 0. The molecule has 0 fully saturated rings. The summed E-state index contributed by atoms with van der Waals surface area (Å²) in [7, 11) is 0. The van der Waals surface area contributed by atoms with E-state index in [0.29, 0.717) is 0 Å². The van der Waals surface area contributed by atoms with Gasteiger partial charge in [-0.25, -0.2) is 0 Å². The highest BCUT2D eigenvalue weighted by Crippen LogP contribution is 2.44. The molecule has 2 heterocycles. The summed E-state index contributed by atoms with van der Waals surface area (Å²) < 4.78 is 4.79. The van der Waals surface area contributed by atoms with Crippen LogP contribution in [0.4, 0.5) is 0 Å². The molecule has 11 aromatic carbocycles. The van der Waals surface area contributed by atoms with Crippen molar-refractivity contribution in [1.29, 1.82) is 0 Å². The lowest BCUT2D eigenvalue weighted by Crippen LogP contribution is -1.94. The Morgan fingerprint density at radius 1 is 0.233 bits per heavy atom. The van der Waals surface area contributed by atoms with Gasteiger partial charge in [0.2, 0.25) is 0 Å². The Balaban J connectivity index is 0.944. The van der Waals surface area contributed by atoms with E-state index in [0.717, 1.165) is 0 Å². The van der Waals surface area contributed by atoms with Gasteiger partial charge in [0.15, 0.2) is 0 Å². The first kappa shape index (κ1) is 33.1. The van der Waals surface area contributed by atoms with E-state index in [-0.39, 0.29) is 0 Å². The van der Waals surface area contributed by atoms with Crippen molar-refractivity contribution in [1.82, 2.24) is 9.13 Å². The molecule has 0 aliphatic heterocycles. The third kappa shape index (κ3) is 4.82. The van der Waals surface area contributed by atoms with E-state index in [1.807, 2.05) is 0 Å². The van der Waals surface area contributed by atoms with Gasteiger partial charge in [-0.3, -0.25) is 0 Å². The average molecular weight is 761 g/mol. The molecule has 0 saturated heterocycles. The van der Waals surface area contributed by atoms with E-state index < -0.39 is 0 Å². The quantitative estimate of drug-likeness (QED) is 0.155.